The van der Waals surface area contributed by atoms with Gasteiger partial charge in [-0.1, -0.05) is 25.1 Å². The Labute approximate surface area is 184 Å². The summed E-state index contributed by atoms with van der Waals surface area (Å²) in [4.78, 5) is 15.0. The van der Waals surface area contributed by atoms with Crippen LogP contribution in [-0.2, 0) is 0 Å². The Morgan fingerprint density at radius 3 is 2.71 bits per heavy atom. The van der Waals surface area contributed by atoms with E-state index in [0.29, 0.717) is 17.5 Å². The molecular formula is C26H31N3O2. The Balaban J connectivity index is 1.57. The quantitative estimate of drug-likeness (QED) is 0.418. The number of nitrogens with zero attached hydrogens (tertiary/aromatic N) is 2. The molecule has 162 valence electrons. The number of hydrogen-bond acceptors (Lipinski definition) is 4. The van der Waals surface area contributed by atoms with E-state index in [1.165, 1.54) is 11.3 Å². The number of amides is 1. The Morgan fingerprint density at radius 2 is 2.00 bits per heavy atom. The molecule has 0 bridgehead atoms. The lowest BCUT2D eigenvalue weighted by atomic mass is 9.78. The van der Waals surface area contributed by atoms with Crippen molar-refractivity contribution in [3.63, 3.8) is 0 Å². The standard InChI is InChI=1S/C26H31N3O2/c1-16(2)29-22-11-17(3)20(12-21(22)18(4)14-26(29,5)6)15-27-28-25(30)24-13-19-9-7-8-10-23(19)31-24/h7-13,15-16,18H,14H2,1-6H3,(H,28,30)/b27-15+/t18-/m1/s1. The summed E-state index contributed by atoms with van der Waals surface area (Å²) < 4.78 is 5.61. The molecule has 1 aliphatic rings. The summed E-state index contributed by atoms with van der Waals surface area (Å²) in [6.45, 7) is 13.5. The van der Waals surface area contributed by atoms with Crippen LogP contribution in [0.25, 0.3) is 11.0 Å². The molecule has 0 aliphatic carbocycles. The first-order chi connectivity index (χ1) is 14.7. The third kappa shape index (κ3) is 3.97. The predicted octanol–water partition coefficient (Wildman–Crippen LogP) is 6.01. The number of anilines is 1. The third-order valence-corrected chi connectivity index (χ3v) is 6.20. The Bertz CT molecular complexity index is 1120. The molecule has 0 unspecified atom stereocenters. The molecular weight excluding hydrogens is 386 g/mol. The topological polar surface area (TPSA) is 57.8 Å². The number of aryl methyl sites for hydroxylation is 1. The van der Waals surface area contributed by atoms with Gasteiger partial charge in [0.1, 0.15) is 5.58 Å². The monoisotopic (exact) mass is 417 g/mol. The summed E-state index contributed by atoms with van der Waals surface area (Å²) in [6.07, 6.45) is 2.82. The van der Waals surface area contributed by atoms with E-state index in [9.17, 15) is 4.79 Å². The summed E-state index contributed by atoms with van der Waals surface area (Å²) in [7, 11) is 0. The van der Waals surface area contributed by atoms with Crippen molar-refractivity contribution >= 4 is 28.8 Å². The first-order valence-electron chi connectivity index (χ1n) is 10.9. The highest BCUT2D eigenvalue weighted by atomic mass is 16.3. The lowest BCUT2D eigenvalue weighted by molar-refractivity contribution is 0.0929. The molecule has 3 aromatic rings. The SMILES string of the molecule is Cc1cc2c(cc1/C=N/NC(=O)c1cc3ccccc3o1)[C@H](C)CC(C)(C)N2C(C)C. The highest BCUT2D eigenvalue weighted by Crippen LogP contribution is 2.45. The maximum atomic E-state index is 12.4. The zero-order chi connectivity index (χ0) is 22.3. The Hall–Kier alpha value is -3.08. The number of carbonyl (C=O) groups is 1. The van der Waals surface area contributed by atoms with Crippen LogP contribution in [0, 0.1) is 6.92 Å². The maximum Gasteiger partial charge on any atom is 0.307 e. The van der Waals surface area contributed by atoms with E-state index >= 15 is 0 Å². The van der Waals surface area contributed by atoms with Crippen LogP contribution in [0.3, 0.4) is 0 Å². The molecule has 0 saturated carbocycles. The average molecular weight is 418 g/mol. The molecule has 1 amide bonds. The van der Waals surface area contributed by atoms with Crippen molar-refractivity contribution < 1.29 is 9.21 Å². The maximum absolute atomic E-state index is 12.4. The number of furan rings is 1. The molecule has 2 heterocycles. The summed E-state index contributed by atoms with van der Waals surface area (Å²) >= 11 is 0. The smallest absolute Gasteiger partial charge is 0.307 e. The second kappa shape index (κ2) is 7.88. The van der Waals surface area contributed by atoms with Crippen LogP contribution in [-0.4, -0.2) is 23.7 Å². The second-order valence-electron chi connectivity index (χ2n) is 9.50. The Kier molecular flexibility index (Phi) is 5.38. The van der Waals surface area contributed by atoms with E-state index in [2.05, 4.69) is 69.1 Å². The first kappa shape index (κ1) is 21.2. The highest BCUT2D eigenvalue weighted by molar-refractivity contribution is 5.96. The van der Waals surface area contributed by atoms with Crippen LogP contribution in [0.5, 0.6) is 0 Å². The average Bonchev–Trinajstić information content (AvgIpc) is 3.12. The van der Waals surface area contributed by atoms with Gasteiger partial charge in [0.15, 0.2) is 5.76 Å². The number of para-hydroxylation sites is 1. The van der Waals surface area contributed by atoms with E-state index in [1.54, 1.807) is 12.3 Å². The van der Waals surface area contributed by atoms with Gasteiger partial charge < -0.3 is 9.32 Å². The minimum absolute atomic E-state index is 0.114. The summed E-state index contributed by atoms with van der Waals surface area (Å²) in [5.74, 6) is 0.353. The van der Waals surface area contributed by atoms with Crippen LogP contribution in [0.1, 0.15) is 74.2 Å². The number of fused-ring (bicyclic) bond motifs is 2. The number of carbonyl (C=O) groups excluding carboxylic acids is 1. The normalized spacial score (nSPS) is 18.0. The first-order valence-corrected chi connectivity index (χ1v) is 10.9. The lowest BCUT2D eigenvalue weighted by Gasteiger charge is -2.50. The fourth-order valence-electron chi connectivity index (χ4n) is 5.04. The van der Waals surface area contributed by atoms with Gasteiger partial charge >= 0.3 is 5.91 Å². The van der Waals surface area contributed by atoms with E-state index in [-0.39, 0.29) is 17.2 Å². The van der Waals surface area contributed by atoms with Gasteiger partial charge in [0.25, 0.3) is 0 Å². The van der Waals surface area contributed by atoms with Crippen molar-refractivity contribution in [3.8, 4) is 0 Å². The molecule has 5 nitrogen and oxygen atoms in total. The van der Waals surface area contributed by atoms with Gasteiger partial charge in [-0.2, -0.15) is 5.10 Å². The number of hydrogen-bond donors (Lipinski definition) is 1. The number of nitrogens with one attached hydrogen (secondary N) is 1. The fraction of sp³-hybridized carbons (Fsp3) is 0.385. The van der Waals surface area contributed by atoms with E-state index in [0.717, 1.165) is 22.9 Å². The number of hydrazone groups is 1. The van der Waals surface area contributed by atoms with Crippen molar-refractivity contribution in [2.24, 2.45) is 5.10 Å². The summed E-state index contributed by atoms with van der Waals surface area (Å²) in [5, 5.41) is 5.10. The largest absolute Gasteiger partial charge is 0.451 e. The molecule has 0 spiro atoms. The molecule has 1 aromatic heterocycles. The van der Waals surface area contributed by atoms with Gasteiger partial charge in [-0.25, -0.2) is 5.43 Å². The van der Waals surface area contributed by atoms with Crippen molar-refractivity contribution in [2.45, 2.75) is 65.5 Å². The molecule has 1 N–H and O–H groups in total. The van der Waals surface area contributed by atoms with Crippen molar-refractivity contribution in [1.29, 1.82) is 0 Å². The predicted molar refractivity (Wildman–Crippen MR) is 127 cm³/mol. The molecule has 31 heavy (non-hydrogen) atoms. The van der Waals surface area contributed by atoms with Crippen LogP contribution >= 0.6 is 0 Å². The van der Waals surface area contributed by atoms with Crippen LogP contribution in [0.2, 0.25) is 0 Å². The van der Waals surface area contributed by atoms with Gasteiger partial charge in [0, 0.05) is 22.7 Å². The van der Waals surface area contributed by atoms with Gasteiger partial charge in [-0.05, 0) is 87.9 Å². The highest BCUT2D eigenvalue weighted by Gasteiger charge is 2.37. The third-order valence-electron chi connectivity index (χ3n) is 6.20. The molecule has 0 saturated heterocycles. The minimum Gasteiger partial charge on any atom is -0.451 e. The van der Waals surface area contributed by atoms with Gasteiger partial charge in [0.05, 0.1) is 6.21 Å². The Morgan fingerprint density at radius 1 is 1.26 bits per heavy atom. The zero-order valence-corrected chi connectivity index (χ0v) is 19.2. The summed E-state index contributed by atoms with van der Waals surface area (Å²) in [6, 6.07) is 14.2. The molecule has 0 fully saturated rings. The second-order valence-corrected chi connectivity index (χ2v) is 9.50. The molecule has 1 atom stereocenters. The van der Waals surface area contributed by atoms with E-state index in [1.807, 2.05) is 24.3 Å². The van der Waals surface area contributed by atoms with Crippen molar-refractivity contribution in [3.05, 3.63) is 64.9 Å². The molecule has 2 aromatic carbocycles. The molecule has 0 radical (unpaired) electrons. The molecule has 5 heteroatoms. The zero-order valence-electron chi connectivity index (χ0n) is 19.2. The van der Waals surface area contributed by atoms with E-state index < -0.39 is 0 Å². The van der Waals surface area contributed by atoms with Crippen LogP contribution in [0.4, 0.5) is 5.69 Å². The number of benzene rings is 2. The van der Waals surface area contributed by atoms with Gasteiger partial charge in [-0.15, -0.1) is 0 Å². The fourth-order valence-corrected chi connectivity index (χ4v) is 5.04. The van der Waals surface area contributed by atoms with Crippen LogP contribution in [0.15, 0.2) is 52.0 Å². The number of rotatable bonds is 4. The van der Waals surface area contributed by atoms with Crippen LogP contribution < -0.4 is 10.3 Å². The molecule has 1 aliphatic heterocycles. The lowest BCUT2D eigenvalue weighted by Crippen LogP contribution is -2.51. The minimum atomic E-state index is -0.357. The molecule has 4 rings (SSSR count). The van der Waals surface area contributed by atoms with E-state index in [4.69, 9.17) is 4.42 Å². The van der Waals surface area contributed by atoms with Crippen molar-refractivity contribution in [1.82, 2.24) is 5.43 Å². The van der Waals surface area contributed by atoms with Gasteiger partial charge in [-0.3, -0.25) is 4.79 Å². The van der Waals surface area contributed by atoms with Gasteiger partial charge in [0.2, 0.25) is 0 Å². The summed E-state index contributed by atoms with van der Waals surface area (Å²) in [5.41, 5.74) is 8.19. The van der Waals surface area contributed by atoms with Crippen molar-refractivity contribution in [2.75, 3.05) is 4.90 Å².